The van der Waals surface area contributed by atoms with Crippen LogP contribution in [0.2, 0.25) is 0 Å². The predicted molar refractivity (Wildman–Crippen MR) is 96.9 cm³/mol. The minimum atomic E-state index is -1.85. The standard InChI is InChI=1S/C19H35NO4/c1-5-6-7-8-9-10-11-12-13-14-17(21)19(24,15-18(22)23)16-20(2,3)4/h13-14,24H,5-12,15-16H2,1-4H3/p+1/t19-/m1/s1. The van der Waals surface area contributed by atoms with Crippen LogP contribution in [0.4, 0.5) is 0 Å². The molecule has 5 nitrogen and oxygen atoms in total. The number of unbranched alkanes of at least 4 members (excludes halogenated alkanes) is 7. The number of hydrogen-bond acceptors (Lipinski definition) is 3. The van der Waals surface area contributed by atoms with E-state index in [1.165, 1.54) is 38.2 Å². The van der Waals surface area contributed by atoms with E-state index in [1.807, 2.05) is 21.1 Å². The Bertz CT molecular complexity index is 412. The third-order valence-electron chi connectivity index (χ3n) is 3.88. The van der Waals surface area contributed by atoms with Gasteiger partial charge in [0.2, 0.25) is 0 Å². The second kappa shape index (κ2) is 11.4. The van der Waals surface area contributed by atoms with Crippen LogP contribution in [0.5, 0.6) is 0 Å². The topological polar surface area (TPSA) is 74.6 Å². The summed E-state index contributed by atoms with van der Waals surface area (Å²) in [6.45, 7) is 2.27. The van der Waals surface area contributed by atoms with Crippen molar-refractivity contribution in [3.63, 3.8) is 0 Å². The minimum Gasteiger partial charge on any atom is -0.481 e. The van der Waals surface area contributed by atoms with E-state index >= 15 is 0 Å². The molecule has 5 heteroatoms. The van der Waals surface area contributed by atoms with Gasteiger partial charge in [-0.3, -0.25) is 9.59 Å². The van der Waals surface area contributed by atoms with Crippen LogP contribution in [-0.2, 0) is 9.59 Å². The number of hydrogen-bond donors (Lipinski definition) is 2. The fourth-order valence-electron chi connectivity index (χ4n) is 2.82. The molecule has 140 valence electrons. The molecule has 24 heavy (non-hydrogen) atoms. The lowest BCUT2D eigenvalue weighted by molar-refractivity contribution is -0.875. The van der Waals surface area contributed by atoms with E-state index < -0.39 is 23.8 Å². The van der Waals surface area contributed by atoms with Crippen molar-refractivity contribution in [3.05, 3.63) is 12.2 Å². The minimum absolute atomic E-state index is 0.0693. The molecule has 0 fully saturated rings. The molecule has 0 aliphatic heterocycles. The lowest BCUT2D eigenvalue weighted by Gasteiger charge is -2.33. The molecule has 0 aliphatic carbocycles. The number of likely N-dealkylation sites (N-methyl/N-ethyl adjacent to an activating group) is 1. The quantitative estimate of drug-likeness (QED) is 0.289. The number of ketones is 1. The van der Waals surface area contributed by atoms with Crippen molar-refractivity contribution < 1.29 is 24.3 Å². The molecular weight excluding hydrogens is 306 g/mol. The second-order valence-electron chi connectivity index (χ2n) is 7.73. The molecule has 1 atom stereocenters. The van der Waals surface area contributed by atoms with E-state index in [4.69, 9.17) is 5.11 Å². The number of carboxylic acids is 1. The first-order valence-electron chi connectivity index (χ1n) is 9.06. The zero-order chi connectivity index (χ0) is 18.6. The van der Waals surface area contributed by atoms with Gasteiger partial charge in [0.25, 0.3) is 0 Å². The first-order valence-corrected chi connectivity index (χ1v) is 9.06. The molecule has 0 radical (unpaired) electrons. The van der Waals surface area contributed by atoms with Gasteiger partial charge in [0.15, 0.2) is 11.4 Å². The van der Waals surface area contributed by atoms with E-state index in [0.29, 0.717) is 4.48 Å². The normalized spacial score (nSPS) is 14.7. The molecule has 0 aromatic rings. The molecule has 0 saturated carbocycles. The largest absolute Gasteiger partial charge is 0.481 e. The Balaban J connectivity index is 4.33. The number of nitrogens with zero attached hydrogens (tertiary/aromatic N) is 1. The number of rotatable bonds is 14. The number of aliphatic carboxylic acids is 1. The van der Waals surface area contributed by atoms with E-state index in [1.54, 1.807) is 6.08 Å². The summed E-state index contributed by atoms with van der Waals surface area (Å²) in [5.74, 6) is -1.68. The number of quaternary nitrogens is 1. The number of carbonyl (C=O) groups excluding carboxylic acids is 1. The summed E-state index contributed by atoms with van der Waals surface area (Å²) in [7, 11) is 5.47. The summed E-state index contributed by atoms with van der Waals surface area (Å²) < 4.78 is 0.321. The van der Waals surface area contributed by atoms with Gasteiger partial charge in [0.05, 0.1) is 27.6 Å². The third kappa shape index (κ3) is 11.4. The van der Waals surface area contributed by atoms with Gasteiger partial charge < -0.3 is 14.7 Å². The second-order valence-corrected chi connectivity index (χ2v) is 7.73. The van der Waals surface area contributed by atoms with Crippen molar-refractivity contribution in [2.75, 3.05) is 27.7 Å². The van der Waals surface area contributed by atoms with Gasteiger partial charge in [-0.25, -0.2) is 0 Å². The van der Waals surface area contributed by atoms with E-state index in [-0.39, 0.29) is 6.54 Å². The van der Waals surface area contributed by atoms with E-state index in [2.05, 4.69) is 6.92 Å². The van der Waals surface area contributed by atoms with Crippen molar-refractivity contribution in [1.29, 1.82) is 0 Å². The first kappa shape index (κ1) is 22.8. The Kier molecular flexibility index (Phi) is 10.8. The van der Waals surface area contributed by atoms with Crippen LogP contribution in [0, 0.1) is 0 Å². The van der Waals surface area contributed by atoms with E-state index in [9.17, 15) is 14.7 Å². The Morgan fingerprint density at radius 2 is 1.54 bits per heavy atom. The highest BCUT2D eigenvalue weighted by atomic mass is 16.4. The van der Waals surface area contributed by atoms with Gasteiger partial charge in [0, 0.05) is 0 Å². The maximum atomic E-state index is 12.3. The Labute approximate surface area is 146 Å². The van der Waals surface area contributed by atoms with E-state index in [0.717, 1.165) is 19.3 Å². The van der Waals surface area contributed by atoms with Crippen molar-refractivity contribution >= 4 is 11.8 Å². The van der Waals surface area contributed by atoms with Gasteiger partial charge in [0.1, 0.15) is 6.54 Å². The third-order valence-corrected chi connectivity index (χ3v) is 3.88. The lowest BCUT2D eigenvalue weighted by atomic mass is 9.92. The molecule has 0 spiro atoms. The van der Waals surface area contributed by atoms with Crippen LogP contribution >= 0.6 is 0 Å². The zero-order valence-electron chi connectivity index (χ0n) is 15.9. The summed E-state index contributed by atoms with van der Waals surface area (Å²) >= 11 is 0. The van der Waals surface area contributed by atoms with Crippen LogP contribution in [0.1, 0.15) is 64.7 Å². The van der Waals surface area contributed by atoms with Gasteiger partial charge in [-0.05, 0) is 18.9 Å². The summed E-state index contributed by atoms with van der Waals surface area (Å²) in [5, 5.41) is 19.5. The highest BCUT2D eigenvalue weighted by Crippen LogP contribution is 2.17. The van der Waals surface area contributed by atoms with Crippen molar-refractivity contribution in [2.45, 2.75) is 70.3 Å². The zero-order valence-corrected chi connectivity index (χ0v) is 15.9. The molecule has 0 rings (SSSR count). The Hall–Kier alpha value is -1.20. The average molecular weight is 343 g/mol. The van der Waals surface area contributed by atoms with Crippen LogP contribution in [0.3, 0.4) is 0 Å². The predicted octanol–water partition coefficient (Wildman–Crippen LogP) is 3.16. The molecule has 0 saturated heterocycles. The van der Waals surface area contributed by atoms with Crippen molar-refractivity contribution in [1.82, 2.24) is 0 Å². The fourth-order valence-corrected chi connectivity index (χ4v) is 2.82. The van der Waals surface area contributed by atoms with Crippen LogP contribution in [0.25, 0.3) is 0 Å². The fraction of sp³-hybridized carbons (Fsp3) is 0.789. The maximum Gasteiger partial charge on any atom is 0.307 e. The molecule has 0 aromatic heterocycles. The number of aliphatic hydroxyl groups is 1. The molecule has 0 amide bonds. The summed E-state index contributed by atoms with van der Waals surface area (Å²) in [6, 6.07) is 0. The Morgan fingerprint density at radius 1 is 1.00 bits per heavy atom. The summed E-state index contributed by atoms with van der Waals surface area (Å²) in [5.41, 5.74) is -1.85. The van der Waals surface area contributed by atoms with Gasteiger partial charge in [-0.1, -0.05) is 51.5 Å². The average Bonchev–Trinajstić information content (AvgIpc) is 2.42. The van der Waals surface area contributed by atoms with Crippen molar-refractivity contribution in [2.24, 2.45) is 0 Å². The van der Waals surface area contributed by atoms with Gasteiger partial charge in [-0.15, -0.1) is 0 Å². The van der Waals surface area contributed by atoms with Gasteiger partial charge in [-0.2, -0.15) is 0 Å². The van der Waals surface area contributed by atoms with Gasteiger partial charge >= 0.3 is 5.97 Å². The van der Waals surface area contributed by atoms with Crippen LogP contribution in [0.15, 0.2) is 12.2 Å². The highest BCUT2D eigenvalue weighted by molar-refractivity contribution is 5.99. The molecule has 0 aliphatic rings. The molecule has 0 unspecified atom stereocenters. The first-order chi connectivity index (χ1) is 11.1. The van der Waals surface area contributed by atoms with Crippen LogP contribution < -0.4 is 0 Å². The summed E-state index contributed by atoms with van der Waals surface area (Å²) in [6.07, 6.45) is 11.8. The number of allylic oxidation sites excluding steroid dienone is 1. The lowest BCUT2D eigenvalue weighted by Crippen LogP contribution is -2.54. The number of carbonyl (C=O) groups is 2. The number of carboxylic acid groups (broad SMARTS) is 1. The SMILES string of the molecule is CCCCCCCCCC=CC(=O)[C@@](O)(CC(=O)O)C[N+](C)(C)C. The maximum absolute atomic E-state index is 12.3. The molecule has 0 bridgehead atoms. The van der Waals surface area contributed by atoms with Crippen molar-refractivity contribution in [3.8, 4) is 0 Å². The highest BCUT2D eigenvalue weighted by Gasteiger charge is 2.41. The monoisotopic (exact) mass is 342 g/mol. The molecule has 0 heterocycles. The summed E-state index contributed by atoms with van der Waals surface area (Å²) in [4.78, 5) is 23.3. The molecule has 2 N–H and O–H groups in total. The Morgan fingerprint density at radius 3 is 2.04 bits per heavy atom. The molecular formula is C19H36NO4+. The molecule has 0 aromatic carbocycles. The van der Waals surface area contributed by atoms with Crippen LogP contribution in [-0.4, -0.2) is 59.7 Å². The smallest absolute Gasteiger partial charge is 0.307 e.